The summed E-state index contributed by atoms with van der Waals surface area (Å²) in [5.74, 6) is 3.29. The average molecular weight is 600 g/mol. The van der Waals surface area contributed by atoms with E-state index in [0.29, 0.717) is 17.3 Å². The van der Waals surface area contributed by atoms with Gasteiger partial charge in [-0.1, -0.05) is 12.1 Å². The zero-order valence-corrected chi connectivity index (χ0v) is 21.9. The van der Waals surface area contributed by atoms with Gasteiger partial charge in [0.1, 0.15) is 5.82 Å². The second-order valence-corrected chi connectivity index (χ2v) is 10.8. The van der Waals surface area contributed by atoms with Crippen LogP contribution < -0.4 is 16.0 Å². The fourth-order valence-corrected chi connectivity index (χ4v) is 5.00. The van der Waals surface area contributed by atoms with Crippen LogP contribution in [0.4, 0.5) is 28.8 Å². The number of carbonyl (C=O) groups excluding carboxylic acids is 2. The van der Waals surface area contributed by atoms with Gasteiger partial charge in [-0.15, -0.1) is 0 Å². The lowest BCUT2D eigenvalue weighted by molar-refractivity contribution is -0.117. The van der Waals surface area contributed by atoms with Crippen LogP contribution >= 0.6 is 34.4 Å². The number of nitrogens with one attached hydrogen (secondary N) is 3. The Morgan fingerprint density at radius 2 is 1.69 bits per heavy atom. The highest BCUT2D eigenvalue weighted by atomic mass is 127. The highest BCUT2D eigenvalue weighted by molar-refractivity contribution is 14.1. The molecule has 10 heteroatoms. The molecule has 3 N–H and O–H groups in total. The van der Waals surface area contributed by atoms with Crippen molar-refractivity contribution in [1.82, 2.24) is 14.9 Å². The molecule has 1 aliphatic heterocycles. The Balaban J connectivity index is 1.28. The third-order valence-electron chi connectivity index (χ3n) is 5.82. The average Bonchev–Trinajstić information content (AvgIpc) is 3.74. The third-order valence-corrected chi connectivity index (χ3v) is 7.55. The number of amides is 2. The number of rotatable bonds is 7. The van der Waals surface area contributed by atoms with Gasteiger partial charge in [-0.2, -0.15) is 16.7 Å². The number of para-hydroxylation sites is 2. The van der Waals surface area contributed by atoms with Crippen LogP contribution in [-0.2, 0) is 4.79 Å². The largest absolute Gasteiger partial charge is 0.337 e. The van der Waals surface area contributed by atoms with Gasteiger partial charge in [0.15, 0.2) is 0 Å². The molecule has 3 aromatic rings. The molecule has 0 atom stereocenters. The van der Waals surface area contributed by atoms with Gasteiger partial charge in [0.05, 0.1) is 14.9 Å². The number of carbonyl (C=O) groups is 2. The maximum Gasteiger partial charge on any atom is 0.253 e. The molecule has 0 spiro atoms. The highest BCUT2D eigenvalue weighted by Gasteiger charge is 2.30. The monoisotopic (exact) mass is 600 g/mol. The summed E-state index contributed by atoms with van der Waals surface area (Å²) in [6, 6.07) is 15.0. The Labute approximate surface area is 221 Å². The van der Waals surface area contributed by atoms with E-state index in [0.717, 1.165) is 58.1 Å². The molecule has 0 bridgehead atoms. The molecule has 1 aromatic heterocycles. The molecule has 0 unspecified atom stereocenters. The number of thioether (sulfide) groups is 1. The fourth-order valence-electron chi connectivity index (χ4n) is 3.70. The van der Waals surface area contributed by atoms with Gasteiger partial charge in [-0.3, -0.25) is 9.59 Å². The molecule has 2 fully saturated rings. The number of aromatic nitrogens is 2. The van der Waals surface area contributed by atoms with E-state index >= 15 is 0 Å². The van der Waals surface area contributed by atoms with Gasteiger partial charge in [-0.25, -0.2) is 4.98 Å². The Kier molecular flexibility index (Phi) is 7.37. The van der Waals surface area contributed by atoms with Gasteiger partial charge in [-0.05, 0) is 71.8 Å². The van der Waals surface area contributed by atoms with Crippen LogP contribution in [0.1, 0.15) is 23.2 Å². The number of benzene rings is 2. The third kappa shape index (κ3) is 6.04. The van der Waals surface area contributed by atoms with Crippen molar-refractivity contribution in [3.8, 4) is 0 Å². The van der Waals surface area contributed by atoms with Crippen molar-refractivity contribution in [2.75, 3.05) is 40.5 Å². The predicted molar refractivity (Wildman–Crippen MR) is 149 cm³/mol. The molecular weight excluding hydrogens is 575 g/mol. The number of anilines is 5. The quantitative estimate of drug-likeness (QED) is 0.325. The lowest BCUT2D eigenvalue weighted by Crippen LogP contribution is -2.37. The summed E-state index contributed by atoms with van der Waals surface area (Å²) in [6.07, 6.45) is 3.63. The number of halogens is 1. The van der Waals surface area contributed by atoms with E-state index in [1.165, 1.54) is 0 Å². The molecule has 180 valence electrons. The van der Waals surface area contributed by atoms with E-state index in [9.17, 15) is 9.59 Å². The van der Waals surface area contributed by atoms with Crippen LogP contribution in [0.5, 0.6) is 0 Å². The summed E-state index contributed by atoms with van der Waals surface area (Å²) in [5.41, 5.74) is 2.96. The first-order valence-corrected chi connectivity index (χ1v) is 13.7. The Bertz CT molecular complexity index is 1230. The summed E-state index contributed by atoms with van der Waals surface area (Å²) in [4.78, 5) is 35.9. The summed E-state index contributed by atoms with van der Waals surface area (Å²) < 4.78 is 0.845. The van der Waals surface area contributed by atoms with Crippen LogP contribution in [0.3, 0.4) is 0 Å². The van der Waals surface area contributed by atoms with E-state index in [1.54, 1.807) is 6.20 Å². The van der Waals surface area contributed by atoms with Crippen molar-refractivity contribution in [2.45, 2.75) is 12.8 Å². The highest BCUT2D eigenvalue weighted by Crippen LogP contribution is 2.33. The SMILES string of the molecule is O=C(Nc1ccccc1Nc1nc(Nc2ccc(C(=O)N3CCSCC3)cc2)ncc1I)C1CC1. The minimum Gasteiger partial charge on any atom is -0.337 e. The summed E-state index contributed by atoms with van der Waals surface area (Å²) in [6.45, 7) is 1.59. The first-order chi connectivity index (χ1) is 17.1. The van der Waals surface area contributed by atoms with Crippen LogP contribution in [0, 0.1) is 9.49 Å². The van der Waals surface area contributed by atoms with E-state index in [-0.39, 0.29) is 17.7 Å². The molecule has 2 amide bonds. The molecule has 0 radical (unpaired) electrons. The molecule has 1 saturated carbocycles. The molecule has 35 heavy (non-hydrogen) atoms. The molecule has 1 aliphatic carbocycles. The number of nitrogens with zero attached hydrogens (tertiary/aromatic N) is 3. The van der Waals surface area contributed by atoms with Crippen molar-refractivity contribution in [3.05, 3.63) is 63.9 Å². The summed E-state index contributed by atoms with van der Waals surface area (Å²) in [5, 5.41) is 9.55. The van der Waals surface area contributed by atoms with E-state index in [2.05, 4.69) is 48.5 Å². The Hall–Kier alpha value is -2.86. The van der Waals surface area contributed by atoms with Crippen LogP contribution in [0.15, 0.2) is 54.7 Å². The zero-order chi connectivity index (χ0) is 24.2. The lowest BCUT2D eigenvalue weighted by atomic mass is 10.2. The van der Waals surface area contributed by atoms with Crippen molar-refractivity contribution in [3.63, 3.8) is 0 Å². The maximum atomic E-state index is 12.7. The van der Waals surface area contributed by atoms with Crippen LogP contribution in [-0.4, -0.2) is 51.3 Å². The normalized spacial score (nSPS) is 15.4. The number of hydrogen-bond donors (Lipinski definition) is 3. The topological polar surface area (TPSA) is 99.2 Å². The standard InChI is InChI=1S/C25H25IN6O2S/c26-19-15-27-25(28-18-9-7-17(8-10-18)24(34)32-11-13-35-14-12-32)31-22(19)29-20-3-1-2-4-21(20)30-23(33)16-5-6-16/h1-4,7-10,15-16H,5-6,11-14H2,(H,30,33)(H2,27,28,29,31). The maximum absolute atomic E-state index is 12.7. The van der Waals surface area contributed by atoms with Crippen molar-refractivity contribution >= 4 is 75.0 Å². The van der Waals surface area contributed by atoms with E-state index in [4.69, 9.17) is 0 Å². The smallest absolute Gasteiger partial charge is 0.253 e. The molecule has 2 aliphatic rings. The van der Waals surface area contributed by atoms with Crippen LogP contribution in [0.2, 0.25) is 0 Å². The van der Waals surface area contributed by atoms with Gasteiger partial charge in [0, 0.05) is 48.0 Å². The molecule has 1 saturated heterocycles. The molecule has 2 heterocycles. The first kappa shape index (κ1) is 23.9. The first-order valence-electron chi connectivity index (χ1n) is 11.5. The molecule has 2 aromatic carbocycles. The minimum absolute atomic E-state index is 0.0556. The van der Waals surface area contributed by atoms with Crippen molar-refractivity contribution in [2.24, 2.45) is 5.92 Å². The molecule has 5 rings (SSSR count). The predicted octanol–water partition coefficient (Wildman–Crippen LogP) is 5.11. The minimum atomic E-state index is 0.0556. The lowest BCUT2D eigenvalue weighted by Gasteiger charge is -2.26. The van der Waals surface area contributed by atoms with Gasteiger partial charge < -0.3 is 20.9 Å². The zero-order valence-electron chi connectivity index (χ0n) is 19.0. The van der Waals surface area contributed by atoms with E-state index < -0.39 is 0 Å². The fraction of sp³-hybridized carbons (Fsp3) is 0.280. The summed E-state index contributed by atoms with van der Waals surface area (Å²) >= 11 is 4.06. The summed E-state index contributed by atoms with van der Waals surface area (Å²) in [7, 11) is 0. The van der Waals surface area contributed by atoms with Gasteiger partial charge in [0.2, 0.25) is 11.9 Å². The second kappa shape index (κ2) is 10.8. The number of hydrogen-bond acceptors (Lipinski definition) is 7. The van der Waals surface area contributed by atoms with E-state index in [1.807, 2.05) is 65.2 Å². The Morgan fingerprint density at radius 3 is 2.40 bits per heavy atom. The Morgan fingerprint density at radius 1 is 0.971 bits per heavy atom. The van der Waals surface area contributed by atoms with Gasteiger partial charge >= 0.3 is 0 Å². The van der Waals surface area contributed by atoms with Crippen molar-refractivity contribution in [1.29, 1.82) is 0 Å². The van der Waals surface area contributed by atoms with Gasteiger partial charge in [0.25, 0.3) is 5.91 Å². The van der Waals surface area contributed by atoms with Crippen LogP contribution in [0.25, 0.3) is 0 Å². The second-order valence-electron chi connectivity index (χ2n) is 8.43. The molecule has 8 nitrogen and oxygen atoms in total. The van der Waals surface area contributed by atoms with Crippen molar-refractivity contribution < 1.29 is 9.59 Å². The molecular formula is C25H25IN6O2S.